The van der Waals surface area contributed by atoms with Crippen LogP contribution in [0.1, 0.15) is 18.4 Å². The van der Waals surface area contributed by atoms with Crippen LogP contribution in [-0.2, 0) is 11.3 Å². The van der Waals surface area contributed by atoms with Crippen molar-refractivity contribution in [3.05, 3.63) is 31.4 Å². The van der Waals surface area contributed by atoms with Gasteiger partial charge in [0.15, 0.2) is 0 Å². The van der Waals surface area contributed by atoms with Gasteiger partial charge in [-0.15, -0.1) is 11.3 Å². The first-order valence-electron chi connectivity index (χ1n) is 5.46. The van der Waals surface area contributed by atoms with Crippen molar-refractivity contribution in [2.75, 3.05) is 0 Å². The third-order valence-electron chi connectivity index (χ3n) is 3.40. The van der Waals surface area contributed by atoms with Crippen LogP contribution in [0.25, 0.3) is 0 Å². The molecule has 3 unspecified atom stereocenters. The first kappa shape index (κ1) is 11.5. The minimum atomic E-state index is 0.445. The van der Waals surface area contributed by atoms with Gasteiger partial charge in [0, 0.05) is 11.5 Å². The molecule has 1 heterocycles. The molecule has 86 valence electrons. The van der Waals surface area contributed by atoms with Crippen molar-refractivity contribution in [2.24, 2.45) is 11.8 Å². The zero-order valence-electron chi connectivity index (χ0n) is 8.66. The fraction of sp³-hybridized carbons (Fsp3) is 0.500. The second kappa shape index (κ2) is 4.56. The Morgan fingerprint density at radius 1 is 1.31 bits per heavy atom. The lowest BCUT2D eigenvalue weighted by atomic mass is 10.0. The van der Waals surface area contributed by atoms with E-state index in [1.165, 1.54) is 22.2 Å². The molecular weight excluding hydrogens is 352 g/mol. The molecule has 1 aromatic rings. The van der Waals surface area contributed by atoms with E-state index in [1.807, 2.05) is 0 Å². The van der Waals surface area contributed by atoms with Crippen molar-refractivity contribution in [1.82, 2.24) is 0 Å². The molecule has 1 nitrogen and oxygen atoms in total. The maximum absolute atomic E-state index is 6.02. The topological polar surface area (TPSA) is 9.23 Å². The predicted octanol–water partition coefficient (Wildman–Crippen LogP) is 4.75. The number of halogens is 2. The molecule has 0 radical (unpaired) electrons. The molecule has 0 N–H and O–H groups in total. The average Bonchev–Trinajstić information content (AvgIpc) is 2.91. The van der Waals surface area contributed by atoms with Gasteiger partial charge < -0.3 is 4.74 Å². The molecule has 4 heteroatoms. The molecule has 0 aromatic carbocycles. The van der Waals surface area contributed by atoms with E-state index in [1.54, 1.807) is 11.3 Å². The number of hydrogen-bond donors (Lipinski definition) is 0. The van der Waals surface area contributed by atoms with Crippen LogP contribution < -0.4 is 0 Å². The van der Waals surface area contributed by atoms with E-state index in [0.717, 1.165) is 16.3 Å². The van der Waals surface area contributed by atoms with E-state index < -0.39 is 0 Å². The Morgan fingerprint density at radius 3 is 2.75 bits per heavy atom. The number of hydrogen-bond acceptors (Lipinski definition) is 2. The predicted molar refractivity (Wildman–Crippen MR) is 73.7 cm³/mol. The third kappa shape index (κ3) is 2.17. The van der Waals surface area contributed by atoms with E-state index in [2.05, 4.69) is 50.1 Å². The summed E-state index contributed by atoms with van der Waals surface area (Å²) >= 11 is 8.76. The van der Waals surface area contributed by atoms with Gasteiger partial charge in [0.05, 0.1) is 20.3 Å². The summed E-state index contributed by atoms with van der Waals surface area (Å²) in [6, 6.07) is 2.14. The number of ether oxygens (including phenoxy) is 1. The Hall–Kier alpha value is 0.360. The van der Waals surface area contributed by atoms with Gasteiger partial charge >= 0.3 is 0 Å². The summed E-state index contributed by atoms with van der Waals surface area (Å²) in [4.78, 5) is 0. The van der Waals surface area contributed by atoms with Gasteiger partial charge in [-0.25, -0.2) is 0 Å². The monoisotopic (exact) mass is 362 g/mol. The molecule has 1 fully saturated rings. The Bertz CT molecular complexity index is 427. The van der Waals surface area contributed by atoms with Gasteiger partial charge in [-0.1, -0.05) is 12.2 Å². The average molecular weight is 364 g/mol. The van der Waals surface area contributed by atoms with E-state index in [9.17, 15) is 0 Å². The fourth-order valence-corrected chi connectivity index (χ4v) is 5.38. The third-order valence-corrected chi connectivity index (χ3v) is 5.86. The molecule has 1 saturated carbocycles. The minimum Gasteiger partial charge on any atom is -0.373 e. The van der Waals surface area contributed by atoms with Crippen LogP contribution in [0.2, 0.25) is 0 Å². The van der Waals surface area contributed by atoms with Gasteiger partial charge in [0.25, 0.3) is 0 Å². The summed E-state index contributed by atoms with van der Waals surface area (Å²) in [5.74, 6) is 1.46. The molecule has 0 amide bonds. The molecule has 0 aliphatic heterocycles. The summed E-state index contributed by atoms with van der Waals surface area (Å²) in [5, 5.41) is 0. The molecule has 3 atom stereocenters. The van der Waals surface area contributed by atoms with Crippen LogP contribution >= 0.6 is 43.2 Å². The van der Waals surface area contributed by atoms with Crippen LogP contribution in [-0.4, -0.2) is 6.10 Å². The molecule has 2 aliphatic carbocycles. The zero-order chi connectivity index (χ0) is 11.1. The quantitative estimate of drug-likeness (QED) is 0.704. The Labute approximate surface area is 116 Å². The molecule has 2 aliphatic rings. The van der Waals surface area contributed by atoms with E-state index in [0.29, 0.717) is 12.0 Å². The van der Waals surface area contributed by atoms with Gasteiger partial charge in [-0.05, 0) is 56.7 Å². The number of allylic oxidation sites excluding steroid dienone is 1. The Balaban J connectivity index is 1.61. The van der Waals surface area contributed by atoms with Crippen molar-refractivity contribution < 1.29 is 4.74 Å². The first-order chi connectivity index (χ1) is 7.72. The standard InChI is InChI=1S/C12H12Br2OS/c13-11-5-9(12(14)16-11)6-15-10-4-7-1-2-8(10)3-7/h1-2,5,7-8,10H,3-4,6H2. The molecule has 2 bridgehead atoms. The van der Waals surface area contributed by atoms with Crippen LogP contribution in [0, 0.1) is 11.8 Å². The van der Waals surface area contributed by atoms with Crippen molar-refractivity contribution in [2.45, 2.75) is 25.6 Å². The molecule has 16 heavy (non-hydrogen) atoms. The largest absolute Gasteiger partial charge is 0.373 e. The van der Waals surface area contributed by atoms with E-state index in [-0.39, 0.29) is 0 Å². The van der Waals surface area contributed by atoms with Crippen molar-refractivity contribution in [1.29, 1.82) is 0 Å². The fourth-order valence-electron chi connectivity index (χ4n) is 2.59. The van der Waals surface area contributed by atoms with Crippen LogP contribution in [0.15, 0.2) is 25.8 Å². The summed E-state index contributed by atoms with van der Waals surface area (Å²) in [6.07, 6.45) is 7.64. The summed E-state index contributed by atoms with van der Waals surface area (Å²) in [6.45, 7) is 0.727. The van der Waals surface area contributed by atoms with Gasteiger partial charge in [0.1, 0.15) is 0 Å². The normalized spacial score (nSPS) is 31.5. The summed E-state index contributed by atoms with van der Waals surface area (Å²) < 4.78 is 8.36. The number of thiophene rings is 1. The molecule has 3 rings (SSSR count). The van der Waals surface area contributed by atoms with Crippen LogP contribution in [0.3, 0.4) is 0 Å². The smallest absolute Gasteiger partial charge is 0.0765 e. The second-order valence-electron chi connectivity index (χ2n) is 4.48. The maximum Gasteiger partial charge on any atom is 0.0765 e. The lowest BCUT2D eigenvalue weighted by Gasteiger charge is -2.18. The zero-order valence-corrected chi connectivity index (χ0v) is 12.6. The minimum absolute atomic E-state index is 0.445. The van der Waals surface area contributed by atoms with Gasteiger partial charge in [0.2, 0.25) is 0 Å². The lowest BCUT2D eigenvalue weighted by Crippen LogP contribution is -2.17. The highest BCUT2D eigenvalue weighted by atomic mass is 79.9. The summed E-state index contributed by atoms with van der Waals surface area (Å²) in [5.41, 5.74) is 1.25. The van der Waals surface area contributed by atoms with Crippen molar-refractivity contribution >= 4 is 43.2 Å². The second-order valence-corrected chi connectivity index (χ2v) is 8.23. The van der Waals surface area contributed by atoms with Crippen molar-refractivity contribution in [3.63, 3.8) is 0 Å². The van der Waals surface area contributed by atoms with Gasteiger partial charge in [-0.3, -0.25) is 0 Å². The highest BCUT2D eigenvalue weighted by molar-refractivity contribution is 9.12. The molecule has 0 spiro atoms. The number of fused-ring (bicyclic) bond motifs is 2. The van der Waals surface area contributed by atoms with E-state index in [4.69, 9.17) is 4.74 Å². The highest BCUT2D eigenvalue weighted by Gasteiger charge is 2.36. The van der Waals surface area contributed by atoms with Crippen LogP contribution in [0.5, 0.6) is 0 Å². The van der Waals surface area contributed by atoms with Crippen LogP contribution in [0.4, 0.5) is 0 Å². The molecule has 0 saturated heterocycles. The van der Waals surface area contributed by atoms with Gasteiger partial charge in [-0.2, -0.15) is 0 Å². The molecule has 1 aromatic heterocycles. The summed E-state index contributed by atoms with van der Waals surface area (Å²) in [7, 11) is 0. The number of rotatable bonds is 3. The van der Waals surface area contributed by atoms with Crippen molar-refractivity contribution in [3.8, 4) is 0 Å². The van der Waals surface area contributed by atoms with E-state index >= 15 is 0 Å². The lowest BCUT2D eigenvalue weighted by molar-refractivity contribution is 0.0244. The Kier molecular flexibility index (Phi) is 3.26. The maximum atomic E-state index is 6.02. The highest BCUT2D eigenvalue weighted by Crippen LogP contribution is 2.41. The SMILES string of the molecule is Brc1cc(COC2CC3C=CC2C3)c(Br)s1. The first-order valence-corrected chi connectivity index (χ1v) is 7.86. The Morgan fingerprint density at radius 2 is 2.19 bits per heavy atom. The molecular formula is C12H12Br2OS.